The number of carbonyl (C=O) groups excluding carboxylic acids is 2. The first-order valence-electron chi connectivity index (χ1n) is 7.79. The lowest BCUT2D eigenvalue weighted by molar-refractivity contribution is -0.143. The molecule has 1 N–H and O–H groups in total. The van der Waals surface area contributed by atoms with E-state index in [1.807, 2.05) is 19.1 Å². The minimum atomic E-state index is -0.513. The lowest BCUT2D eigenvalue weighted by atomic mass is 10.1. The third kappa shape index (κ3) is 5.24. The molecule has 1 aromatic carbocycles. The summed E-state index contributed by atoms with van der Waals surface area (Å²) >= 11 is 5.18. The van der Waals surface area contributed by atoms with Gasteiger partial charge in [0, 0.05) is 0 Å². The van der Waals surface area contributed by atoms with Crippen LogP contribution < -0.4 is 19.5 Å². The van der Waals surface area contributed by atoms with E-state index in [0.717, 1.165) is 10.4 Å². The topological polar surface area (TPSA) is 83.1 Å². The first kappa shape index (κ1) is 20.8. The molecule has 0 unspecified atom stereocenters. The predicted octanol–water partition coefficient (Wildman–Crippen LogP) is 1.30. The number of rotatable bonds is 7. The van der Waals surface area contributed by atoms with Crippen LogP contribution in [0.3, 0.4) is 0 Å². The molecule has 1 aromatic rings. The summed E-state index contributed by atoms with van der Waals surface area (Å²) in [6, 6.07) is 3.50. The molecule has 0 atom stereocenters. The molecule has 1 amide bonds. The number of methoxy groups -OCH3 is 3. The largest absolute Gasteiger partial charge is 0.493 e. The summed E-state index contributed by atoms with van der Waals surface area (Å²) < 4.78 is 21.3. The zero-order chi connectivity index (χ0) is 20.0. The minimum Gasteiger partial charge on any atom is -0.493 e. The van der Waals surface area contributed by atoms with E-state index in [0.29, 0.717) is 21.6 Å². The first-order chi connectivity index (χ1) is 12.9. The number of ether oxygens (including phenoxy) is 4. The van der Waals surface area contributed by atoms with Crippen molar-refractivity contribution in [3.63, 3.8) is 0 Å². The van der Waals surface area contributed by atoms with Gasteiger partial charge < -0.3 is 34.3 Å². The molecular weight excluding hydrogens is 390 g/mol. The lowest BCUT2D eigenvalue weighted by Gasteiger charge is -2.15. The molecule has 0 aromatic heterocycles. The van der Waals surface area contributed by atoms with E-state index >= 15 is 0 Å². The van der Waals surface area contributed by atoms with Gasteiger partial charge >= 0.3 is 5.97 Å². The third-order valence-electron chi connectivity index (χ3n) is 3.55. The van der Waals surface area contributed by atoms with Crippen LogP contribution in [0.15, 0.2) is 18.2 Å². The molecule has 1 aliphatic heterocycles. The van der Waals surface area contributed by atoms with Crippen molar-refractivity contribution in [1.29, 1.82) is 0 Å². The molecule has 7 nitrogen and oxygen atoms in total. The van der Waals surface area contributed by atoms with Crippen molar-refractivity contribution in [2.45, 2.75) is 6.92 Å². The molecule has 146 valence electrons. The summed E-state index contributed by atoms with van der Waals surface area (Å²) in [6.07, 6.45) is 3.74. The van der Waals surface area contributed by atoms with Crippen molar-refractivity contribution in [3.8, 4) is 17.2 Å². The van der Waals surface area contributed by atoms with Crippen LogP contribution in [0.1, 0.15) is 12.5 Å². The summed E-state index contributed by atoms with van der Waals surface area (Å²) in [5.41, 5.74) is 0.793. The van der Waals surface area contributed by atoms with Crippen LogP contribution in [0.5, 0.6) is 17.2 Å². The fourth-order valence-corrected chi connectivity index (χ4v) is 4.12. The van der Waals surface area contributed by atoms with Crippen molar-refractivity contribution >= 4 is 54.8 Å². The van der Waals surface area contributed by atoms with E-state index in [1.165, 1.54) is 21.3 Å². The summed E-state index contributed by atoms with van der Waals surface area (Å²) in [5, 5.41) is 4.19. The number of esters is 1. The summed E-state index contributed by atoms with van der Waals surface area (Å²) in [5.74, 6) is 0.452. The predicted molar refractivity (Wildman–Crippen MR) is 111 cm³/mol. The highest BCUT2D eigenvalue weighted by molar-refractivity contribution is 8.19. The monoisotopic (exact) mass is 410 g/mol. The SMILES string of the molecule is COC(=O)COc1c(OC)cc(C=CC(C)=[S-]2=CC(=O)NC2=S)cc1OC. The smallest absolute Gasteiger partial charge is 0.343 e. The van der Waals surface area contributed by atoms with E-state index in [4.69, 9.17) is 26.4 Å². The molecule has 9 heteroatoms. The molecule has 0 aliphatic carbocycles. The molecule has 27 heavy (non-hydrogen) atoms. The van der Waals surface area contributed by atoms with Gasteiger partial charge in [0.2, 0.25) is 11.7 Å². The van der Waals surface area contributed by atoms with Crippen molar-refractivity contribution in [3.05, 3.63) is 23.8 Å². The van der Waals surface area contributed by atoms with Gasteiger partial charge in [0.05, 0.1) is 21.3 Å². The third-order valence-corrected chi connectivity index (χ3v) is 5.97. The van der Waals surface area contributed by atoms with Crippen LogP contribution in [0, 0.1) is 0 Å². The fourth-order valence-electron chi connectivity index (χ4n) is 2.20. The van der Waals surface area contributed by atoms with Crippen LogP contribution in [-0.2, 0) is 24.4 Å². The molecule has 0 radical (unpaired) electrons. The maximum absolute atomic E-state index is 11.4. The Morgan fingerprint density at radius 3 is 2.33 bits per heavy atom. The maximum Gasteiger partial charge on any atom is 0.343 e. The Morgan fingerprint density at radius 1 is 1.22 bits per heavy atom. The number of amides is 1. The van der Waals surface area contributed by atoms with Crippen molar-refractivity contribution in [2.24, 2.45) is 0 Å². The first-order valence-corrected chi connectivity index (χ1v) is 9.49. The van der Waals surface area contributed by atoms with Crippen LogP contribution in [-0.4, -0.2) is 54.4 Å². The average molecular weight is 410 g/mol. The Hall–Kier alpha value is -2.52. The second-order valence-corrected chi connectivity index (χ2v) is 7.93. The van der Waals surface area contributed by atoms with Gasteiger partial charge in [-0.25, -0.2) is 4.79 Å². The highest BCUT2D eigenvalue weighted by atomic mass is 32.2. The summed E-state index contributed by atoms with van der Waals surface area (Å²) in [4.78, 5) is 23.7. The molecule has 1 heterocycles. The summed E-state index contributed by atoms with van der Waals surface area (Å²) in [7, 11) is 3.76. The molecular formula is C18H20NO6S2-. The number of hydrogen-bond acceptors (Lipinski definition) is 8. The Bertz CT molecular complexity index is 872. The normalized spacial score (nSPS) is 16.6. The lowest BCUT2D eigenvalue weighted by Crippen LogP contribution is -2.21. The number of allylic oxidation sites excluding steroid dienone is 1. The van der Waals surface area contributed by atoms with Crippen molar-refractivity contribution in [1.82, 2.24) is 5.32 Å². The van der Waals surface area contributed by atoms with E-state index in [9.17, 15) is 9.59 Å². The van der Waals surface area contributed by atoms with Crippen LogP contribution in [0.2, 0.25) is 0 Å². The molecule has 0 saturated heterocycles. The second-order valence-electron chi connectivity index (χ2n) is 5.30. The van der Waals surface area contributed by atoms with Crippen LogP contribution >= 0.6 is 12.2 Å². The van der Waals surface area contributed by atoms with Gasteiger partial charge in [0.25, 0.3) is 0 Å². The van der Waals surface area contributed by atoms with Gasteiger partial charge in [-0.05, 0) is 22.0 Å². The Labute approximate surface area is 164 Å². The standard InChI is InChI=1S/C18H20NO6S2/c1-11(27-10-15(20)19-18(27)26)5-6-12-7-13(22-2)17(14(8-12)23-3)25-9-16(21)24-4/h5-8,10H,9H2,1-4H3,(H,19,20,26)/q-1. The minimum absolute atomic E-state index is 0.175. The van der Waals surface area contributed by atoms with Gasteiger partial charge in [-0.15, -0.1) is 5.37 Å². The number of hydrogen-bond donors (Lipinski definition) is 1. The molecule has 0 bridgehead atoms. The average Bonchev–Trinajstić information content (AvgIpc) is 3.01. The zero-order valence-electron chi connectivity index (χ0n) is 15.4. The van der Waals surface area contributed by atoms with Crippen LogP contribution in [0.4, 0.5) is 0 Å². The van der Waals surface area contributed by atoms with Gasteiger partial charge in [-0.2, -0.15) is 4.86 Å². The van der Waals surface area contributed by atoms with E-state index < -0.39 is 16.0 Å². The van der Waals surface area contributed by atoms with Crippen molar-refractivity contribution < 1.29 is 28.5 Å². The molecule has 1 aliphatic rings. The van der Waals surface area contributed by atoms with Gasteiger partial charge in [-0.3, -0.25) is 4.79 Å². The molecule has 0 spiro atoms. The van der Waals surface area contributed by atoms with Gasteiger partial charge in [0.15, 0.2) is 18.1 Å². The Kier molecular flexibility index (Phi) is 7.26. The van der Waals surface area contributed by atoms with E-state index in [-0.39, 0.29) is 12.5 Å². The zero-order valence-corrected chi connectivity index (χ0v) is 17.0. The fraction of sp³-hybridized carbons (Fsp3) is 0.278. The molecule has 0 fully saturated rings. The number of thiocarbonyl (C=S) groups is 1. The molecule has 2 rings (SSSR count). The van der Waals surface area contributed by atoms with E-state index in [1.54, 1.807) is 17.5 Å². The second kappa shape index (κ2) is 9.43. The van der Waals surface area contributed by atoms with Gasteiger partial charge in [0.1, 0.15) is 0 Å². The quantitative estimate of drug-likeness (QED) is 0.314. The number of benzene rings is 1. The highest BCUT2D eigenvalue weighted by Gasteiger charge is 2.15. The van der Waals surface area contributed by atoms with Crippen molar-refractivity contribution in [2.75, 3.05) is 27.9 Å². The Morgan fingerprint density at radius 2 is 1.85 bits per heavy atom. The maximum atomic E-state index is 11.4. The van der Waals surface area contributed by atoms with Crippen LogP contribution in [0.25, 0.3) is 6.08 Å². The van der Waals surface area contributed by atoms with E-state index in [2.05, 4.69) is 10.1 Å². The Balaban J connectivity index is 2.34. The molecule has 0 saturated carbocycles. The summed E-state index contributed by atoms with van der Waals surface area (Å²) in [6.45, 7) is 1.65. The number of nitrogens with one attached hydrogen (secondary N) is 1. The highest BCUT2D eigenvalue weighted by Crippen LogP contribution is 2.38. The number of carbonyl (C=O) groups is 2. The van der Waals surface area contributed by atoms with Gasteiger partial charge in [-0.1, -0.05) is 31.3 Å².